The lowest BCUT2D eigenvalue weighted by molar-refractivity contribution is -0.308. The Labute approximate surface area is 90.3 Å². The molecule has 16 heavy (non-hydrogen) atoms. The lowest BCUT2D eigenvalue weighted by Gasteiger charge is -2.41. The van der Waals surface area contributed by atoms with Gasteiger partial charge in [0.25, 0.3) is 5.79 Å². The van der Waals surface area contributed by atoms with Crippen molar-refractivity contribution >= 4 is 5.97 Å². The molecule has 0 radical (unpaired) electrons. The summed E-state index contributed by atoms with van der Waals surface area (Å²) in [7, 11) is 0. The monoisotopic (exact) mass is 238 g/mol. The zero-order chi connectivity index (χ0) is 12.5. The summed E-state index contributed by atoms with van der Waals surface area (Å²) < 4.78 is 4.61. The molecule has 1 aliphatic heterocycles. The van der Waals surface area contributed by atoms with E-state index in [4.69, 9.17) is 10.2 Å². The highest BCUT2D eigenvalue weighted by atomic mass is 16.7. The third-order valence-electron chi connectivity index (χ3n) is 2.45. The Morgan fingerprint density at radius 2 is 2.06 bits per heavy atom. The molecule has 94 valence electrons. The highest BCUT2D eigenvalue weighted by Crippen LogP contribution is 2.29. The third kappa shape index (κ3) is 2.32. The third-order valence-corrected chi connectivity index (χ3v) is 2.45. The number of aliphatic hydroxyl groups excluding tert-OH is 4. The number of aliphatic carboxylic acids is 1. The van der Waals surface area contributed by atoms with Gasteiger partial charge >= 0.3 is 5.97 Å². The quantitative estimate of drug-likeness (QED) is 0.298. The van der Waals surface area contributed by atoms with Gasteiger partial charge in [0.1, 0.15) is 18.3 Å². The summed E-state index contributed by atoms with van der Waals surface area (Å²) in [6.07, 6.45) is -7.05. The molecule has 1 aliphatic rings. The zero-order valence-electron chi connectivity index (χ0n) is 8.22. The molecule has 1 heterocycles. The number of carboxylic acid groups (broad SMARTS) is 1. The van der Waals surface area contributed by atoms with Crippen LogP contribution in [0.5, 0.6) is 0 Å². The second-order valence-electron chi connectivity index (χ2n) is 3.68. The minimum absolute atomic E-state index is 0.724. The summed E-state index contributed by atoms with van der Waals surface area (Å²) >= 11 is 0. The van der Waals surface area contributed by atoms with Crippen LogP contribution in [0, 0.1) is 0 Å². The van der Waals surface area contributed by atoms with Crippen molar-refractivity contribution in [2.24, 2.45) is 0 Å². The molecule has 0 bridgehead atoms. The van der Waals surface area contributed by atoms with E-state index < -0.39 is 49.2 Å². The van der Waals surface area contributed by atoms with Gasteiger partial charge in [-0.1, -0.05) is 0 Å². The smallest absolute Gasteiger partial charge is 0.364 e. The van der Waals surface area contributed by atoms with Gasteiger partial charge < -0.3 is 35.4 Å². The maximum atomic E-state index is 10.7. The van der Waals surface area contributed by atoms with Crippen molar-refractivity contribution in [3.63, 3.8) is 0 Å². The maximum Gasteiger partial charge on any atom is 0.364 e. The predicted octanol–water partition coefficient (Wildman–Crippen LogP) is -3.38. The first kappa shape index (κ1) is 13.3. The molecule has 0 aliphatic carbocycles. The highest BCUT2D eigenvalue weighted by Gasteiger charge is 2.52. The van der Waals surface area contributed by atoms with Crippen molar-refractivity contribution < 1.29 is 40.2 Å². The van der Waals surface area contributed by atoms with E-state index in [1.807, 2.05) is 0 Å². The van der Waals surface area contributed by atoms with E-state index in [0.29, 0.717) is 0 Å². The summed E-state index contributed by atoms with van der Waals surface area (Å²) in [6, 6.07) is 0. The van der Waals surface area contributed by atoms with Crippen LogP contribution in [0.2, 0.25) is 0 Å². The van der Waals surface area contributed by atoms with Gasteiger partial charge in [-0.3, -0.25) is 0 Å². The molecule has 1 saturated heterocycles. The SMILES string of the molecule is O=C(O)[C@]1(O)C[C@H](O)[C@@H](O)[C@H]([C@H](O)CO)O1. The van der Waals surface area contributed by atoms with Crippen LogP contribution in [0.4, 0.5) is 0 Å². The first-order valence-electron chi connectivity index (χ1n) is 4.60. The lowest BCUT2D eigenvalue weighted by Crippen LogP contribution is -2.61. The summed E-state index contributed by atoms with van der Waals surface area (Å²) in [5.41, 5.74) is 0. The average molecular weight is 238 g/mol. The Morgan fingerprint density at radius 3 is 2.50 bits per heavy atom. The van der Waals surface area contributed by atoms with E-state index in [0.717, 1.165) is 0 Å². The molecule has 0 saturated carbocycles. The molecule has 1 rings (SSSR count). The molecule has 0 aromatic rings. The van der Waals surface area contributed by atoms with Gasteiger partial charge in [-0.25, -0.2) is 4.79 Å². The van der Waals surface area contributed by atoms with Gasteiger partial charge in [0, 0.05) is 6.42 Å². The van der Waals surface area contributed by atoms with Crippen molar-refractivity contribution in [3.05, 3.63) is 0 Å². The Kier molecular flexibility index (Phi) is 3.84. The van der Waals surface area contributed by atoms with Crippen LogP contribution in [-0.2, 0) is 9.53 Å². The number of rotatable bonds is 3. The minimum atomic E-state index is -2.68. The largest absolute Gasteiger partial charge is 0.477 e. The molecule has 5 atom stereocenters. The van der Waals surface area contributed by atoms with Crippen molar-refractivity contribution in [2.75, 3.05) is 6.61 Å². The molecule has 8 nitrogen and oxygen atoms in total. The summed E-state index contributed by atoms with van der Waals surface area (Å²) in [5, 5.41) is 54.7. The fourth-order valence-corrected chi connectivity index (χ4v) is 1.51. The summed E-state index contributed by atoms with van der Waals surface area (Å²) in [5.74, 6) is -4.42. The standard InChI is InChI=1S/C8H14O8/c9-2-4(11)6-5(12)3(10)1-8(15,16-6)7(13)14/h3-6,9-12,15H,1-2H2,(H,13,14)/t3-,4+,5+,6-,8-/m0/s1. The number of aliphatic hydroxyl groups is 5. The van der Waals surface area contributed by atoms with Gasteiger partial charge in [0.15, 0.2) is 0 Å². The van der Waals surface area contributed by atoms with Crippen LogP contribution in [0.25, 0.3) is 0 Å². The number of carbonyl (C=O) groups is 1. The van der Waals surface area contributed by atoms with E-state index >= 15 is 0 Å². The van der Waals surface area contributed by atoms with E-state index in [1.165, 1.54) is 0 Å². The van der Waals surface area contributed by atoms with Crippen LogP contribution in [0.1, 0.15) is 6.42 Å². The fourth-order valence-electron chi connectivity index (χ4n) is 1.51. The normalized spacial score (nSPS) is 41.7. The first-order chi connectivity index (χ1) is 7.31. The fraction of sp³-hybridized carbons (Fsp3) is 0.875. The molecular weight excluding hydrogens is 224 g/mol. The molecular formula is C8H14O8. The molecule has 0 aromatic heterocycles. The first-order valence-corrected chi connectivity index (χ1v) is 4.60. The van der Waals surface area contributed by atoms with Crippen LogP contribution >= 0.6 is 0 Å². The number of carboxylic acids is 1. The van der Waals surface area contributed by atoms with Crippen molar-refractivity contribution in [1.82, 2.24) is 0 Å². The van der Waals surface area contributed by atoms with Crippen LogP contribution in [-0.4, -0.2) is 73.4 Å². The second-order valence-corrected chi connectivity index (χ2v) is 3.68. The van der Waals surface area contributed by atoms with Crippen molar-refractivity contribution in [1.29, 1.82) is 0 Å². The van der Waals surface area contributed by atoms with Gasteiger partial charge in [-0.05, 0) is 0 Å². The van der Waals surface area contributed by atoms with Gasteiger partial charge in [-0.15, -0.1) is 0 Å². The highest BCUT2D eigenvalue weighted by molar-refractivity contribution is 5.75. The van der Waals surface area contributed by atoms with Crippen LogP contribution in [0.3, 0.4) is 0 Å². The van der Waals surface area contributed by atoms with Crippen LogP contribution < -0.4 is 0 Å². The molecule has 8 heteroatoms. The van der Waals surface area contributed by atoms with E-state index in [-0.39, 0.29) is 0 Å². The summed E-state index contributed by atoms with van der Waals surface area (Å²) in [4.78, 5) is 10.7. The topological polar surface area (TPSA) is 148 Å². The predicted molar refractivity (Wildman–Crippen MR) is 47.2 cm³/mol. The summed E-state index contributed by atoms with van der Waals surface area (Å²) in [6.45, 7) is -0.801. The van der Waals surface area contributed by atoms with Gasteiger partial charge in [0.05, 0.1) is 12.7 Å². The Hall–Kier alpha value is -0.770. The molecule has 6 N–H and O–H groups in total. The second kappa shape index (κ2) is 4.62. The van der Waals surface area contributed by atoms with Crippen LogP contribution in [0.15, 0.2) is 0 Å². The molecule has 0 aromatic carbocycles. The molecule has 1 fully saturated rings. The van der Waals surface area contributed by atoms with Gasteiger partial charge in [0.2, 0.25) is 0 Å². The van der Waals surface area contributed by atoms with E-state index in [9.17, 15) is 25.2 Å². The Balaban J connectivity index is 2.89. The minimum Gasteiger partial charge on any atom is -0.477 e. The maximum absolute atomic E-state index is 10.7. The van der Waals surface area contributed by atoms with Crippen molar-refractivity contribution in [2.45, 2.75) is 36.6 Å². The van der Waals surface area contributed by atoms with Gasteiger partial charge in [-0.2, -0.15) is 0 Å². The Morgan fingerprint density at radius 1 is 1.50 bits per heavy atom. The average Bonchev–Trinajstić information content (AvgIpc) is 2.22. The number of hydrogen-bond donors (Lipinski definition) is 6. The van der Waals surface area contributed by atoms with E-state index in [1.54, 1.807) is 0 Å². The zero-order valence-corrected chi connectivity index (χ0v) is 8.22. The molecule has 0 amide bonds. The molecule has 0 spiro atoms. The Bertz CT molecular complexity index is 269. The van der Waals surface area contributed by atoms with E-state index in [2.05, 4.69) is 4.74 Å². The molecule has 0 unspecified atom stereocenters. The van der Waals surface area contributed by atoms with Crippen molar-refractivity contribution in [3.8, 4) is 0 Å². The number of hydrogen-bond acceptors (Lipinski definition) is 7. The number of ether oxygens (including phenoxy) is 1. The lowest BCUT2D eigenvalue weighted by atomic mass is 9.93.